The lowest BCUT2D eigenvalue weighted by Crippen LogP contribution is -2.36. The number of rotatable bonds is 5. The average Bonchev–Trinajstić information content (AvgIpc) is 2.18. The van der Waals surface area contributed by atoms with Crippen molar-refractivity contribution in [3.05, 3.63) is 0 Å². The molecule has 3 heteroatoms. The Morgan fingerprint density at radius 2 is 2.00 bits per heavy atom. The quantitative estimate of drug-likeness (QED) is 0.735. The first kappa shape index (κ1) is 13.2. The van der Waals surface area contributed by atoms with Crippen LogP contribution in [0.2, 0.25) is 0 Å². The molecule has 0 unspecified atom stereocenters. The summed E-state index contributed by atoms with van der Waals surface area (Å²) in [6, 6.07) is 0.710. The third-order valence-electron chi connectivity index (χ3n) is 3.64. The molecule has 1 rings (SSSR count). The van der Waals surface area contributed by atoms with Gasteiger partial charge in [-0.2, -0.15) is 0 Å². The van der Waals surface area contributed by atoms with Gasteiger partial charge in [-0.05, 0) is 44.1 Å². The SMILES string of the molecule is C[C@@H]1CC[C@H](NCCC[S@@](C)=O)C[C@H]1C. The molecule has 2 nitrogen and oxygen atoms in total. The second kappa shape index (κ2) is 6.64. The fourth-order valence-corrected chi connectivity index (χ4v) is 2.87. The van der Waals surface area contributed by atoms with E-state index < -0.39 is 10.8 Å². The van der Waals surface area contributed by atoms with Crippen LogP contribution in [-0.4, -0.2) is 28.8 Å². The van der Waals surface area contributed by atoms with Crippen molar-refractivity contribution in [2.75, 3.05) is 18.6 Å². The van der Waals surface area contributed by atoms with Gasteiger partial charge in [0.1, 0.15) is 0 Å². The summed E-state index contributed by atoms with van der Waals surface area (Å²) >= 11 is 0. The van der Waals surface area contributed by atoms with Crippen molar-refractivity contribution >= 4 is 10.8 Å². The maximum Gasteiger partial charge on any atom is 0.0244 e. The van der Waals surface area contributed by atoms with Gasteiger partial charge in [-0.15, -0.1) is 0 Å². The van der Waals surface area contributed by atoms with Crippen LogP contribution in [0.15, 0.2) is 0 Å². The molecule has 1 saturated carbocycles. The molecule has 0 saturated heterocycles. The lowest BCUT2D eigenvalue weighted by Gasteiger charge is -2.32. The molecular formula is C12H25NOS. The van der Waals surface area contributed by atoms with E-state index in [4.69, 9.17) is 0 Å². The molecule has 0 amide bonds. The Morgan fingerprint density at radius 1 is 1.27 bits per heavy atom. The Labute approximate surface area is 96.7 Å². The van der Waals surface area contributed by atoms with Crippen LogP contribution in [0, 0.1) is 11.8 Å². The molecule has 15 heavy (non-hydrogen) atoms. The third kappa shape index (κ3) is 5.12. The molecule has 0 radical (unpaired) electrons. The van der Waals surface area contributed by atoms with Gasteiger partial charge >= 0.3 is 0 Å². The van der Waals surface area contributed by atoms with Crippen LogP contribution in [0.1, 0.15) is 39.5 Å². The highest BCUT2D eigenvalue weighted by Crippen LogP contribution is 2.29. The zero-order chi connectivity index (χ0) is 11.3. The summed E-state index contributed by atoms with van der Waals surface area (Å²) in [5.74, 6) is 2.59. The zero-order valence-electron chi connectivity index (χ0n) is 10.3. The minimum atomic E-state index is -0.625. The summed E-state index contributed by atoms with van der Waals surface area (Å²) < 4.78 is 10.9. The Bertz CT molecular complexity index is 208. The first-order valence-electron chi connectivity index (χ1n) is 6.13. The predicted octanol–water partition coefficient (Wildman–Crippen LogP) is 2.17. The lowest BCUT2D eigenvalue weighted by molar-refractivity contribution is 0.227. The van der Waals surface area contributed by atoms with Crippen LogP contribution in [0.25, 0.3) is 0 Å². The molecule has 0 spiro atoms. The Morgan fingerprint density at radius 3 is 2.60 bits per heavy atom. The number of hydrogen-bond acceptors (Lipinski definition) is 2. The van der Waals surface area contributed by atoms with E-state index in [1.165, 1.54) is 19.3 Å². The third-order valence-corrected chi connectivity index (χ3v) is 4.50. The van der Waals surface area contributed by atoms with Gasteiger partial charge in [0.25, 0.3) is 0 Å². The van der Waals surface area contributed by atoms with Gasteiger partial charge in [-0.3, -0.25) is 4.21 Å². The molecule has 0 aromatic carbocycles. The summed E-state index contributed by atoms with van der Waals surface area (Å²) in [6.07, 6.45) is 6.82. The highest BCUT2D eigenvalue weighted by Gasteiger charge is 2.23. The summed E-state index contributed by atoms with van der Waals surface area (Å²) in [7, 11) is -0.625. The average molecular weight is 231 g/mol. The molecule has 0 aromatic heterocycles. The molecule has 0 heterocycles. The molecule has 0 bridgehead atoms. The number of hydrogen-bond donors (Lipinski definition) is 1. The van der Waals surface area contributed by atoms with Gasteiger partial charge < -0.3 is 5.32 Å². The van der Waals surface area contributed by atoms with Crippen molar-refractivity contribution in [3.63, 3.8) is 0 Å². The molecule has 90 valence electrons. The largest absolute Gasteiger partial charge is 0.314 e. The molecule has 1 fully saturated rings. The monoisotopic (exact) mass is 231 g/mol. The van der Waals surface area contributed by atoms with Gasteiger partial charge in [0.15, 0.2) is 0 Å². The second-order valence-electron chi connectivity index (χ2n) is 5.05. The fraction of sp³-hybridized carbons (Fsp3) is 1.00. The van der Waals surface area contributed by atoms with Gasteiger partial charge in [0.05, 0.1) is 0 Å². The molecule has 1 N–H and O–H groups in total. The topological polar surface area (TPSA) is 29.1 Å². The van der Waals surface area contributed by atoms with Crippen LogP contribution in [0.5, 0.6) is 0 Å². The van der Waals surface area contributed by atoms with Crippen molar-refractivity contribution in [2.45, 2.75) is 45.6 Å². The molecule has 1 aliphatic rings. The Kier molecular flexibility index (Phi) is 5.83. The van der Waals surface area contributed by atoms with Crippen molar-refractivity contribution in [3.8, 4) is 0 Å². The van der Waals surface area contributed by atoms with Gasteiger partial charge in [0, 0.05) is 28.9 Å². The van der Waals surface area contributed by atoms with E-state index in [2.05, 4.69) is 19.2 Å². The number of nitrogens with one attached hydrogen (secondary N) is 1. The minimum absolute atomic E-state index is 0.625. The lowest BCUT2D eigenvalue weighted by atomic mass is 9.79. The van der Waals surface area contributed by atoms with Crippen molar-refractivity contribution in [2.24, 2.45) is 11.8 Å². The minimum Gasteiger partial charge on any atom is -0.314 e. The Hall–Kier alpha value is 0.110. The van der Waals surface area contributed by atoms with E-state index in [0.717, 1.165) is 30.6 Å². The van der Waals surface area contributed by atoms with E-state index in [1.807, 2.05) is 0 Å². The first-order valence-corrected chi connectivity index (χ1v) is 7.85. The summed E-state index contributed by atoms with van der Waals surface area (Å²) in [5.41, 5.74) is 0. The maximum absolute atomic E-state index is 10.9. The van der Waals surface area contributed by atoms with Gasteiger partial charge in [-0.25, -0.2) is 0 Å². The summed E-state index contributed by atoms with van der Waals surface area (Å²) in [4.78, 5) is 0. The molecule has 0 aliphatic heterocycles. The first-order chi connectivity index (χ1) is 7.09. The van der Waals surface area contributed by atoms with Crippen LogP contribution >= 0.6 is 0 Å². The van der Waals surface area contributed by atoms with Crippen molar-refractivity contribution in [1.82, 2.24) is 5.32 Å². The molecule has 1 aliphatic carbocycles. The summed E-state index contributed by atoms with van der Waals surface area (Å²) in [6.45, 7) is 5.76. The highest BCUT2D eigenvalue weighted by atomic mass is 32.2. The van der Waals surface area contributed by atoms with E-state index >= 15 is 0 Å². The normalized spacial score (nSPS) is 33.9. The van der Waals surface area contributed by atoms with Crippen LogP contribution < -0.4 is 5.32 Å². The molecule has 0 aromatic rings. The standard InChI is InChI=1S/C12H25NOS/c1-10-5-6-12(9-11(10)2)13-7-4-8-15(3)14/h10-13H,4-9H2,1-3H3/t10-,11-,12+,15-/m1/s1. The second-order valence-corrected chi connectivity index (χ2v) is 6.60. The van der Waals surface area contributed by atoms with E-state index in [0.29, 0.717) is 6.04 Å². The van der Waals surface area contributed by atoms with E-state index in [9.17, 15) is 4.21 Å². The van der Waals surface area contributed by atoms with Crippen molar-refractivity contribution in [1.29, 1.82) is 0 Å². The molecule has 4 atom stereocenters. The van der Waals surface area contributed by atoms with E-state index in [-0.39, 0.29) is 0 Å². The zero-order valence-corrected chi connectivity index (χ0v) is 11.1. The molecular weight excluding hydrogens is 206 g/mol. The predicted molar refractivity (Wildman–Crippen MR) is 67.5 cm³/mol. The smallest absolute Gasteiger partial charge is 0.0244 e. The highest BCUT2D eigenvalue weighted by molar-refractivity contribution is 7.84. The fourth-order valence-electron chi connectivity index (χ4n) is 2.31. The Balaban J connectivity index is 2.09. The summed E-state index contributed by atoms with van der Waals surface area (Å²) in [5, 5.41) is 3.59. The van der Waals surface area contributed by atoms with Crippen LogP contribution in [0.3, 0.4) is 0 Å². The van der Waals surface area contributed by atoms with Gasteiger partial charge in [0.2, 0.25) is 0 Å². The van der Waals surface area contributed by atoms with Gasteiger partial charge in [-0.1, -0.05) is 13.8 Å². The van der Waals surface area contributed by atoms with E-state index in [1.54, 1.807) is 6.26 Å². The van der Waals surface area contributed by atoms with Crippen LogP contribution in [-0.2, 0) is 10.8 Å². The van der Waals surface area contributed by atoms with Crippen molar-refractivity contribution < 1.29 is 4.21 Å². The van der Waals surface area contributed by atoms with Crippen LogP contribution in [0.4, 0.5) is 0 Å². The maximum atomic E-state index is 10.9.